The number of hydrogen-bond acceptors (Lipinski definition) is 8. The molecule has 0 spiro atoms. The maximum absolute atomic E-state index is 10.2. The summed E-state index contributed by atoms with van der Waals surface area (Å²) < 4.78 is 0. The molecule has 0 unspecified atom stereocenters. The Hall–Kier alpha value is -4.09. The molecule has 0 fully saturated rings. The zero-order valence-electron chi connectivity index (χ0n) is 34.5. The zero-order valence-corrected chi connectivity index (χ0v) is 40.6. The Kier molecular flexibility index (Phi) is 21.5. The minimum atomic E-state index is -0.894. The standard InChI is InChI=1S/C20H22ClN3O.C18H18ClN3O.C9H9P2.Y/c1-3-24(4-2)13-14-11-16(6-8-20(14)25)23-18-9-10-22-19-12-15(21)5-7-17(18)19;1-2-20-11-12-9-14(4-6-18(12)23)22-16-7-8-21-17-10-13(19)3-5-15(16)17;1-6-9(10(4)5)11(7-2)8-3;/h5-12,25H,3-4,13H2,1-2H3,(H,22,23);3-10,20,23H,2,11H2,1H3,(H,21,22);1-3H,4-5H3;/q;;-1;. The third-order valence-electron chi connectivity index (χ3n) is 9.00. The van der Waals surface area contributed by atoms with Crippen molar-refractivity contribution in [1.82, 2.24) is 20.2 Å². The first-order chi connectivity index (χ1) is 28.4. The molecule has 13 heteroatoms. The summed E-state index contributed by atoms with van der Waals surface area (Å²) in [5, 5.41) is 34.4. The van der Waals surface area contributed by atoms with E-state index in [1.54, 1.807) is 24.5 Å². The normalized spacial score (nSPS) is 10.4. The van der Waals surface area contributed by atoms with Gasteiger partial charge >= 0.3 is 0 Å². The number of nitrogens with zero attached hydrogens (tertiary/aromatic N) is 3. The van der Waals surface area contributed by atoms with Gasteiger partial charge in [-0.1, -0.05) is 74.0 Å². The fourth-order valence-corrected chi connectivity index (χ4v) is 8.85. The van der Waals surface area contributed by atoms with E-state index in [0.29, 0.717) is 28.1 Å². The first-order valence-corrected chi connectivity index (χ1v) is 23.2. The van der Waals surface area contributed by atoms with Crippen LogP contribution in [0.1, 0.15) is 31.9 Å². The van der Waals surface area contributed by atoms with E-state index in [9.17, 15) is 10.2 Å². The van der Waals surface area contributed by atoms with Crippen LogP contribution < -0.4 is 16.0 Å². The van der Waals surface area contributed by atoms with Gasteiger partial charge in [0.15, 0.2) is 0 Å². The Bertz CT molecular complexity index is 2450. The van der Waals surface area contributed by atoms with Crippen molar-refractivity contribution < 1.29 is 42.9 Å². The fourth-order valence-electron chi connectivity index (χ4n) is 5.87. The van der Waals surface area contributed by atoms with Gasteiger partial charge < -0.3 is 32.6 Å². The van der Waals surface area contributed by atoms with E-state index in [-0.39, 0.29) is 40.6 Å². The molecule has 0 saturated heterocycles. The van der Waals surface area contributed by atoms with E-state index in [0.717, 1.165) is 87.3 Å². The Morgan fingerprint density at radius 1 is 0.700 bits per heavy atom. The van der Waals surface area contributed by atoms with Crippen molar-refractivity contribution in [2.75, 3.05) is 43.6 Å². The van der Waals surface area contributed by atoms with Crippen molar-refractivity contribution in [2.45, 2.75) is 33.9 Å². The molecule has 0 aliphatic heterocycles. The maximum Gasteiger partial charge on any atom is 0.120 e. The van der Waals surface area contributed by atoms with Gasteiger partial charge in [0.1, 0.15) is 11.5 Å². The average molecular weight is 952 g/mol. The van der Waals surface area contributed by atoms with Crippen molar-refractivity contribution in [3.05, 3.63) is 124 Å². The van der Waals surface area contributed by atoms with Gasteiger partial charge in [-0.3, -0.25) is 20.8 Å². The molecule has 4 aromatic carbocycles. The van der Waals surface area contributed by atoms with E-state index in [1.807, 2.05) is 79.7 Å². The molecule has 8 nitrogen and oxygen atoms in total. The molecule has 1 radical (unpaired) electrons. The van der Waals surface area contributed by atoms with E-state index < -0.39 is 7.92 Å². The Balaban J connectivity index is 0.000000256. The van der Waals surface area contributed by atoms with Gasteiger partial charge in [-0.25, -0.2) is 0 Å². The Morgan fingerprint density at radius 2 is 1.18 bits per heavy atom. The number of nitrogens with one attached hydrogen (secondary N) is 3. The molecule has 0 saturated carbocycles. The predicted molar refractivity (Wildman–Crippen MR) is 256 cm³/mol. The van der Waals surface area contributed by atoms with Gasteiger partial charge in [-0.05, 0) is 105 Å². The fraction of sp³-hybridized carbons (Fsp3) is 0.213. The van der Waals surface area contributed by atoms with Crippen LogP contribution in [0.4, 0.5) is 22.7 Å². The van der Waals surface area contributed by atoms with Gasteiger partial charge in [-0.2, -0.15) is 7.92 Å². The summed E-state index contributed by atoms with van der Waals surface area (Å²) in [5.74, 6) is 3.21. The number of anilines is 4. The van der Waals surface area contributed by atoms with Gasteiger partial charge in [-0.15, -0.1) is 12.8 Å². The molecular formula is C47H49Cl2N6O2P2Y-. The van der Waals surface area contributed by atoms with Gasteiger partial charge in [0.25, 0.3) is 0 Å². The summed E-state index contributed by atoms with van der Waals surface area (Å²) in [4.78, 5) is 11.0. The molecule has 2 heterocycles. The van der Waals surface area contributed by atoms with Crippen LogP contribution in [-0.2, 0) is 45.8 Å². The molecule has 60 heavy (non-hydrogen) atoms. The van der Waals surface area contributed by atoms with E-state index in [4.69, 9.17) is 42.5 Å². The molecule has 0 amide bonds. The SMILES string of the molecule is C#C[C-](P(C)C)P(C#C)C#C.CCN(CC)Cc1cc(Nc2ccnc3cc(Cl)ccc23)ccc1O.CCNCc1cc(Nc2ccnc3cc(Cl)ccc23)ccc1O.[Y]. The number of fused-ring (bicyclic) bond motifs is 2. The molecule has 0 aliphatic carbocycles. The summed E-state index contributed by atoms with van der Waals surface area (Å²) in [7, 11) is -1.18. The minimum Gasteiger partial charge on any atom is -0.508 e. The minimum absolute atomic E-state index is 0. The van der Waals surface area contributed by atoms with Crippen molar-refractivity contribution >= 4 is 83.6 Å². The number of phenolic OH excluding ortho intramolecular Hbond substituents is 2. The third-order valence-corrected chi connectivity index (χ3v) is 13.3. The molecule has 6 rings (SSSR count). The van der Waals surface area contributed by atoms with Crippen LogP contribution in [0.15, 0.2) is 97.3 Å². The molecule has 0 bridgehead atoms. The van der Waals surface area contributed by atoms with Gasteiger partial charge in [0.05, 0.1) is 11.0 Å². The number of aromatic nitrogens is 2. The predicted octanol–water partition coefficient (Wildman–Crippen LogP) is 12.1. The monoisotopic (exact) mass is 950 g/mol. The van der Waals surface area contributed by atoms with Crippen molar-refractivity contribution in [2.24, 2.45) is 0 Å². The van der Waals surface area contributed by atoms with Crippen molar-refractivity contribution in [1.29, 1.82) is 0 Å². The second kappa shape index (κ2) is 25.6. The largest absolute Gasteiger partial charge is 0.508 e. The smallest absolute Gasteiger partial charge is 0.120 e. The van der Waals surface area contributed by atoms with Crippen LogP contribution in [0.5, 0.6) is 11.5 Å². The van der Waals surface area contributed by atoms with E-state index >= 15 is 0 Å². The summed E-state index contributed by atoms with van der Waals surface area (Å²) >= 11 is 12.1. The summed E-state index contributed by atoms with van der Waals surface area (Å²) in [6, 6.07) is 26.3. The van der Waals surface area contributed by atoms with Crippen LogP contribution in [-0.4, -0.2) is 58.0 Å². The van der Waals surface area contributed by atoms with Crippen LogP contribution >= 0.6 is 39.0 Å². The second-order valence-electron chi connectivity index (χ2n) is 13.2. The third kappa shape index (κ3) is 14.5. The second-order valence-corrected chi connectivity index (χ2v) is 18.3. The van der Waals surface area contributed by atoms with E-state index in [2.05, 4.69) is 75.2 Å². The number of hydrogen-bond donors (Lipinski definition) is 5. The van der Waals surface area contributed by atoms with Crippen LogP contribution in [0.2, 0.25) is 10.0 Å². The number of halogens is 2. The van der Waals surface area contributed by atoms with Crippen LogP contribution in [0.25, 0.3) is 21.8 Å². The molecule has 0 atom stereocenters. The summed E-state index contributed by atoms with van der Waals surface area (Å²) in [5.41, 5.74) is 12.3. The summed E-state index contributed by atoms with van der Waals surface area (Å²) in [6.45, 7) is 14.5. The zero-order chi connectivity index (χ0) is 42.9. The molecule has 6 aromatic rings. The van der Waals surface area contributed by atoms with Crippen molar-refractivity contribution in [3.8, 4) is 48.0 Å². The topological polar surface area (TPSA) is 106 Å². The Labute approximate surface area is 393 Å². The molecular weight excluding hydrogens is 902 g/mol. The van der Waals surface area contributed by atoms with Crippen molar-refractivity contribution in [3.63, 3.8) is 0 Å². The van der Waals surface area contributed by atoms with Gasteiger partial charge in [0.2, 0.25) is 0 Å². The average Bonchev–Trinajstić information content (AvgIpc) is 3.23. The van der Waals surface area contributed by atoms with Crippen LogP contribution in [0.3, 0.4) is 0 Å². The Morgan fingerprint density at radius 3 is 1.60 bits per heavy atom. The number of pyridine rings is 2. The number of aromatic hydroxyl groups is 2. The maximum atomic E-state index is 10.2. The molecule has 2 aromatic heterocycles. The van der Waals surface area contributed by atoms with E-state index in [1.165, 1.54) is 0 Å². The first kappa shape index (κ1) is 50.3. The molecule has 307 valence electrons. The number of phenols is 2. The quantitative estimate of drug-likeness (QED) is 0.0337. The number of terminal acetylenes is 3. The first-order valence-electron chi connectivity index (χ1n) is 18.9. The van der Waals surface area contributed by atoms with Crippen LogP contribution in [0, 0.1) is 41.9 Å². The number of rotatable bonds is 13. The molecule has 0 aliphatic rings. The summed E-state index contributed by atoms with van der Waals surface area (Å²) in [6.07, 6.45) is 19.2. The number of benzene rings is 4. The van der Waals surface area contributed by atoms with Gasteiger partial charge in [0, 0.05) is 121 Å². The molecule has 5 N–H and O–H groups in total.